The zero-order chi connectivity index (χ0) is 13.9. The minimum Gasteiger partial charge on any atom is -0.479 e. The molecule has 1 aromatic carbocycles. The third-order valence-corrected chi connectivity index (χ3v) is 2.23. The first-order chi connectivity index (χ1) is 8.24. The van der Waals surface area contributed by atoms with Gasteiger partial charge in [-0.2, -0.15) is 0 Å². The topological polar surface area (TPSA) is 86.6 Å². The van der Waals surface area contributed by atoms with Crippen molar-refractivity contribution in [1.29, 1.82) is 0 Å². The third kappa shape index (κ3) is 3.24. The van der Waals surface area contributed by atoms with Gasteiger partial charge in [-0.1, -0.05) is 0 Å². The summed E-state index contributed by atoms with van der Waals surface area (Å²) in [4.78, 5) is 22.0. The predicted octanol–water partition coefficient (Wildman–Crippen LogP) is 0.530. The lowest BCUT2D eigenvalue weighted by Gasteiger charge is -2.18. The summed E-state index contributed by atoms with van der Waals surface area (Å²) in [5.74, 6) is -4.29. The van der Waals surface area contributed by atoms with Crippen molar-refractivity contribution in [3.63, 3.8) is 0 Å². The van der Waals surface area contributed by atoms with Crippen LogP contribution in [0.2, 0.25) is 0 Å². The number of aliphatic carboxylic acids is 1. The molecule has 1 amide bonds. The normalized spacial score (nSPS) is 13.8. The Morgan fingerprint density at radius 3 is 2.56 bits per heavy atom. The van der Waals surface area contributed by atoms with Crippen molar-refractivity contribution in [2.75, 3.05) is 6.54 Å². The van der Waals surface area contributed by atoms with Crippen LogP contribution in [0.15, 0.2) is 18.2 Å². The van der Waals surface area contributed by atoms with Crippen LogP contribution >= 0.6 is 0 Å². The Morgan fingerprint density at radius 1 is 1.39 bits per heavy atom. The molecule has 1 unspecified atom stereocenters. The molecule has 1 atom stereocenters. The van der Waals surface area contributed by atoms with Crippen LogP contribution in [0.1, 0.15) is 17.3 Å². The quantitative estimate of drug-likeness (QED) is 0.736. The van der Waals surface area contributed by atoms with Crippen LogP contribution in [0.4, 0.5) is 8.78 Å². The maximum atomic E-state index is 13.2. The van der Waals surface area contributed by atoms with Gasteiger partial charge in [-0.05, 0) is 25.1 Å². The van der Waals surface area contributed by atoms with Crippen LogP contribution < -0.4 is 5.32 Å². The Hall–Kier alpha value is -2.02. The van der Waals surface area contributed by atoms with Gasteiger partial charge in [0.15, 0.2) is 5.60 Å². The van der Waals surface area contributed by atoms with Crippen molar-refractivity contribution in [2.24, 2.45) is 0 Å². The molecule has 18 heavy (non-hydrogen) atoms. The van der Waals surface area contributed by atoms with E-state index in [-0.39, 0.29) is 0 Å². The fourth-order valence-electron chi connectivity index (χ4n) is 1.09. The second-order valence-electron chi connectivity index (χ2n) is 3.89. The average Bonchev–Trinajstić information content (AvgIpc) is 2.29. The highest BCUT2D eigenvalue weighted by Gasteiger charge is 2.30. The fraction of sp³-hybridized carbons (Fsp3) is 0.273. The molecule has 3 N–H and O–H groups in total. The summed E-state index contributed by atoms with van der Waals surface area (Å²) < 4.78 is 26.0. The van der Waals surface area contributed by atoms with Crippen LogP contribution in [0.25, 0.3) is 0 Å². The minimum atomic E-state index is -2.18. The van der Waals surface area contributed by atoms with Crippen LogP contribution in [-0.4, -0.2) is 34.2 Å². The summed E-state index contributed by atoms with van der Waals surface area (Å²) in [6, 6.07) is 2.30. The van der Waals surface area contributed by atoms with E-state index in [2.05, 4.69) is 0 Å². The molecule has 0 aromatic heterocycles. The molecule has 0 fully saturated rings. The second kappa shape index (κ2) is 5.09. The van der Waals surface area contributed by atoms with Crippen LogP contribution in [0.3, 0.4) is 0 Å². The molecule has 98 valence electrons. The largest absolute Gasteiger partial charge is 0.479 e. The van der Waals surface area contributed by atoms with E-state index in [0.717, 1.165) is 19.1 Å². The number of carbonyl (C=O) groups is 2. The van der Waals surface area contributed by atoms with Crippen molar-refractivity contribution in [3.8, 4) is 0 Å². The van der Waals surface area contributed by atoms with Crippen LogP contribution in [-0.2, 0) is 4.79 Å². The molecule has 0 aliphatic heterocycles. The standard InChI is InChI=1S/C11H11F2NO4/c1-11(18,10(16)17)5-14-9(15)7-4-6(12)2-3-8(7)13/h2-4,18H,5H2,1H3,(H,14,15)(H,16,17). The molecular weight excluding hydrogens is 248 g/mol. The summed E-state index contributed by atoms with van der Waals surface area (Å²) in [5.41, 5.74) is -2.74. The van der Waals surface area contributed by atoms with Gasteiger partial charge in [-0.3, -0.25) is 4.79 Å². The number of rotatable bonds is 4. The van der Waals surface area contributed by atoms with Gasteiger partial charge in [0.1, 0.15) is 11.6 Å². The molecule has 1 rings (SSSR count). The van der Waals surface area contributed by atoms with E-state index < -0.39 is 41.2 Å². The van der Waals surface area contributed by atoms with Gasteiger partial charge >= 0.3 is 5.97 Å². The lowest BCUT2D eigenvalue weighted by Crippen LogP contribution is -2.46. The Labute approximate surface area is 101 Å². The molecule has 0 spiro atoms. The van der Waals surface area contributed by atoms with E-state index in [4.69, 9.17) is 5.11 Å². The molecule has 0 radical (unpaired) electrons. The maximum absolute atomic E-state index is 13.2. The van der Waals surface area contributed by atoms with Crippen molar-refractivity contribution >= 4 is 11.9 Å². The summed E-state index contributed by atoms with van der Waals surface area (Å²) in [7, 11) is 0. The highest BCUT2D eigenvalue weighted by atomic mass is 19.1. The molecule has 1 aromatic rings. The number of amides is 1. The first kappa shape index (κ1) is 14.0. The molecule has 0 aliphatic carbocycles. The van der Waals surface area contributed by atoms with Crippen molar-refractivity contribution in [2.45, 2.75) is 12.5 Å². The van der Waals surface area contributed by atoms with Gasteiger partial charge in [0.2, 0.25) is 0 Å². The third-order valence-electron chi connectivity index (χ3n) is 2.23. The monoisotopic (exact) mass is 259 g/mol. The van der Waals surface area contributed by atoms with E-state index in [1.165, 1.54) is 0 Å². The average molecular weight is 259 g/mol. The van der Waals surface area contributed by atoms with E-state index >= 15 is 0 Å². The predicted molar refractivity (Wildman–Crippen MR) is 57.0 cm³/mol. The smallest absolute Gasteiger partial charge is 0.337 e. The number of carboxylic acid groups (broad SMARTS) is 1. The van der Waals surface area contributed by atoms with Gasteiger partial charge in [-0.25, -0.2) is 13.6 Å². The van der Waals surface area contributed by atoms with Crippen molar-refractivity contribution in [1.82, 2.24) is 5.32 Å². The summed E-state index contributed by atoms with van der Waals surface area (Å²) in [5, 5.41) is 19.9. The first-order valence-corrected chi connectivity index (χ1v) is 4.93. The molecule has 0 bridgehead atoms. The highest BCUT2D eigenvalue weighted by Crippen LogP contribution is 2.10. The lowest BCUT2D eigenvalue weighted by molar-refractivity contribution is -0.155. The number of carbonyl (C=O) groups excluding carboxylic acids is 1. The van der Waals surface area contributed by atoms with Gasteiger partial charge in [-0.15, -0.1) is 0 Å². The zero-order valence-corrected chi connectivity index (χ0v) is 9.41. The van der Waals surface area contributed by atoms with E-state index in [1.54, 1.807) is 0 Å². The van der Waals surface area contributed by atoms with E-state index in [1.807, 2.05) is 5.32 Å². The fourth-order valence-corrected chi connectivity index (χ4v) is 1.09. The molecular formula is C11H11F2NO4. The van der Waals surface area contributed by atoms with Crippen LogP contribution in [0, 0.1) is 11.6 Å². The molecule has 7 heteroatoms. The second-order valence-corrected chi connectivity index (χ2v) is 3.89. The van der Waals surface area contributed by atoms with Gasteiger partial charge in [0.25, 0.3) is 5.91 Å². The van der Waals surface area contributed by atoms with Gasteiger partial charge in [0.05, 0.1) is 12.1 Å². The lowest BCUT2D eigenvalue weighted by atomic mass is 10.1. The van der Waals surface area contributed by atoms with E-state index in [9.17, 15) is 23.5 Å². The summed E-state index contributed by atoms with van der Waals surface area (Å²) >= 11 is 0. The summed E-state index contributed by atoms with van der Waals surface area (Å²) in [6.07, 6.45) is 0. The Kier molecular flexibility index (Phi) is 3.97. The van der Waals surface area contributed by atoms with Gasteiger partial charge in [0, 0.05) is 0 Å². The number of hydrogen-bond donors (Lipinski definition) is 3. The van der Waals surface area contributed by atoms with Crippen molar-refractivity contribution < 1.29 is 28.6 Å². The molecule has 0 saturated carbocycles. The van der Waals surface area contributed by atoms with Gasteiger partial charge < -0.3 is 15.5 Å². The Morgan fingerprint density at radius 2 is 2.00 bits per heavy atom. The Balaban J connectivity index is 2.78. The number of benzene rings is 1. The first-order valence-electron chi connectivity index (χ1n) is 4.93. The number of carboxylic acids is 1. The molecule has 0 saturated heterocycles. The maximum Gasteiger partial charge on any atom is 0.337 e. The summed E-state index contributed by atoms with van der Waals surface area (Å²) in [6.45, 7) is 0.342. The number of hydrogen-bond acceptors (Lipinski definition) is 3. The van der Waals surface area contributed by atoms with E-state index in [0.29, 0.717) is 6.07 Å². The van der Waals surface area contributed by atoms with Crippen molar-refractivity contribution in [3.05, 3.63) is 35.4 Å². The number of halogens is 2. The SMILES string of the molecule is CC(O)(CNC(=O)c1cc(F)ccc1F)C(=O)O. The number of aliphatic hydroxyl groups is 1. The highest BCUT2D eigenvalue weighted by molar-refractivity contribution is 5.94. The Bertz CT molecular complexity index is 488. The molecule has 0 heterocycles. The zero-order valence-electron chi connectivity index (χ0n) is 9.41. The minimum absolute atomic E-state index is 0.559. The molecule has 0 aliphatic rings. The number of nitrogens with one attached hydrogen (secondary N) is 1. The van der Waals surface area contributed by atoms with Crippen LogP contribution in [0.5, 0.6) is 0 Å². The molecule has 5 nitrogen and oxygen atoms in total.